The predicted molar refractivity (Wildman–Crippen MR) is 47.5 cm³/mol. The minimum Gasteiger partial charge on any atom is -0.503 e. The van der Waals surface area contributed by atoms with Crippen molar-refractivity contribution in [1.82, 2.24) is 4.98 Å². The molecule has 0 saturated heterocycles. The van der Waals surface area contributed by atoms with Crippen LogP contribution in [0.25, 0.3) is 0 Å². The average molecular weight is 167 g/mol. The van der Waals surface area contributed by atoms with E-state index in [2.05, 4.69) is 4.98 Å². The van der Waals surface area contributed by atoms with Crippen LogP contribution in [0.5, 0.6) is 5.75 Å². The van der Waals surface area contributed by atoms with Gasteiger partial charge in [0.2, 0.25) is 0 Å². The van der Waals surface area contributed by atoms with Crippen LogP contribution in [0, 0.1) is 0 Å². The SMILES string of the molecule is CCc1c[nH]c(=O)c(O)c1CC. The van der Waals surface area contributed by atoms with Gasteiger partial charge in [0, 0.05) is 11.8 Å². The Balaban J connectivity index is 3.35. The summed E-state index contributed by atoms with van der Waals surface area (Å²) >= 11 is 0. The summed E-state index contributed by atoms with van der Waals surface area (Å²) in [5.74, 6) is -0.128. The minimum atomic E-state index is -0.399. The number of aromatic nitrogens is 1. The number of nitrogens with one attached hydrogen (secondary N) is 1. The van der Waals surface area contributed by atoms with Crippen LogP contribution in [0.15, 0.2) is 11.0 Å². The first-order valence-electron chi connectivity index (χ1n) is 4.13. The fourth-order valence-electron chi connectivity index (χ4n) is 1.31. The smallest absolute Gasteiger partial charge is 0.290 e. The number of hydrogen-bond donors (Lipinski definition) is 2. The molecule has 0 radical (unpaired) electrons. The summed E-state index contributed by atoms with van der Waals surface area (Å²) in [5, 5.41) is 9.37. The van der Waals surface area contributed by atoms with Gasteiger partial charge in [-0.25, -0.2) is 0 Å². The van der Waals surface area contributed by atoms with E-state index in [1.807, 2.05) is 13.8 Å². The van der Waals surface area contributed by atoms with Crippen LogP contribution in [0.2, 0.25) is 0 Å². The molecule has 0 aliphatic heterocycles. The molecule has 1 aromatic rings. The predicted octanol–water partition coefficient (Wildman–Crippen LogP) is 1.21. The molecule has 0 unspecified atom stereocenters. The zero-order valence-electron chi connectivity index (χ0n) is 7.35. The van der Waals surface area contributed by atoms with E-state index in [1.165, 1.54) is 0 Å². The number of aromatic hydroxyl groups is 1. The summed E-state index contributed by atoms with van der Waals surface area (Å²) in [7, 11) is 0. The topological polar surface area (TPSA) is 53.1 Å². The number of H-pyrrole nitrogens is 1. The highest BCUT2D eigenvalue weighted by Gasteiger charge is 2.07. The first kappa shape index (κ1) is 8.84. The Labute approximate surface area is 71.1 Å². The lowest BCUT2D eigenvalue weighted by molar-refractivity contribution is 0.458. The summed E-state index contributed by atoms with van der Waals surface area (Å²) < 4.78 is 0. The maximum absolute atomic E-state index is 11.0. The van der Waals surface area contributed by atoms with E-state index < -0.39 is 5.56 Å². The summed E-state index contributed by atoms with van der Waals surface area (Å²) in [6, 6.07) is 0. The lowest BCUT2D eigenvalue weighted by atomic mass is 10.1. The van der Waals surface area contributed by atoms with E-state index in [4.69, 9.17) is 0 Å². The van der Waals surface area contributed by atoms with E-state index in [-0.39, 0.29) is 5.75 Å². The Morgan fingerprint density at radius 2 is 2.08 bits per heavy atom. The fraction of sp³-hybridized carbons (Fsp3) is 0.444. The van der Waals surface area contributed by atoms with Crippen molar-refractivity contribution < 1.29 is 5.11 Å². The van der Waals surface area contributed by atoms with Gasteiger partial charge in [-0.05, 0) is 18.4 Å². The fourth-order valence-corrected chi connectivity index (χ4v) is 1.31. The van der Waals surface area contributed by atoms with Gasteiger partial charge in [0.15, 0.2) is 5.75 Å². The molecule has 2 N–H and O–H groups in total. The molecule has 0 fully saturated rings. The van der Waals surface area contributed by atoms with Gasteiger partial charge in [0.25, 0.3) is 5.56 Å². The van der Waals surface area contributed by atoms with Gasteiger partial charge in [0.05, 0.1) is 0 Å². The van der Waals surface area contributed by atoms with Crippen LogP contribution >= 0.6 is 0 Å². The van der Waals surface area contributed by atoms with Gasteiger partial charge < -0.3 is 10.1 Å². The third-order valence-corrected chi connectivity index (χ3v) is 2.00. The van der Waals surface area contributed by atoms with Crippen LogP contribution in [-0.2, 0) is 12.8 Å². The summed E-state index contributed by atoms with van der Waals surface area (Å²) in [5.41, 5.74) is 1.37. The second kappa shape index (κ2) is 3.43. The number of aromatic amines is 1. The monoisotopic (exact) mass is 167 g/mol. The molecule has 0 aromatic carbocycles. The third-order valence-electron chi connectivity index (χ3n) is 2.00. The van der Waals surface area contributed by atoms with E-state index in [9.17, 15) is 9.90 Å². The highest BCUT2D eigenvalue weighted by atomic mass is 16.3. The molecular formula is C9H13NO2. The molecule has 1 aromatic heterocycles. The van der Waals surface area contributed by atoms with Gasteiger partial charge in [-0.3, -0.25) is 4.79 Å². The normalized spacial score (nSPS) is 10.2. The third kappa shape index (κ3) is 1.35. The van der Waals surface area contributed by atoms with Gasteiger partial charge in [-0.1, -0.05) is 13.8 Å². The second-order valence-corrected chi connectivity index (χ2v) is 2.68. The number of pyridine rings is 1. The Hall–Kier alpha value is -1.25. The summed E-state index contributed by atoms with van der Waals surface area (Å²) in [6.45, 7) is 3.92. The highest BCUT2D eigenvalue weighted by Crippen LogP contribution is 2.16. The molecule has 0 saturated carbocycles. The maximum atomic E-state index is 11.0. The first-order chi connectivity index (χ1) is 5.70. The van der Waals surface area contributed by atoms with Crippen LogP contribution in [-0.4, -0.2) is 10.1 Å². The molecule has 1 rings (SSSR count). The first-order valence-corrected chi connectivity index (χ1v) is 4.13. The summed E-state index contributed by atoms with van der Waals surface area (Å²) in [6.07, 6.45) is 3.19. The average Bonchev–Trinajstić information content (AvgIpc) is 2.09. The van der Waals surface area contributed by atoms with E-state index in [0.29, 0.717) is 6.42 Å². The van der Waals surface area contributed by atoms with Crippen LogP contribution in [0.1, 0.15) is 25.0 Å². The van der Waals surface area contributed by atoms with Crippen molar-refractivity contribution in [1.29, 1.82) is 0 Å². The molecule has 3 nitrogen and oxygen atoms in total. The molecule has 66 valence electrons. The zero-order chi connectivity index (χ0) is 9.14. The molecular weight excluding hydrogens is 154 g/mol. The molecule has 0 aliphatic rings. The van der Waals surface area contributed by atoms with Crippen molar-refractivity contribution >= 4 is 0 Å². The Morgan fingerprint density at radius 1 is 1.42 bits per heavy atom. The molecule has 0 amide bonds. The molecule has 12 heavy (non-hydrogen) atoms. The molecule has 0 aliphatic carbocycles. The van der Waals surface area contributed by atoms with Crippen LogP contribution in [0.3, 0.4) is 0 Å². The van der Waals surface area contributed by atoms with Gasteiger partial charge in [-0.2, -0.15) is 0 Å². The van der Waals surface area contributed by atoms with E-state index in [1.54, 1.807) is 6.20 Å². The highest BCUT2D eigenvalue weighted by molar-refractivity contribution is 5.35. The second-order valence-electron chi connectivity index (χ2n) is 2.68. The minimum absolute atomic E-state index is 0.128. The molecule has 0 spiro atoms. The van der Waals surface area contributed by atoms with Crippen molar-refractivity contribution in [2.45, 2.75) is 26.7 Å². The van der Waals surface area contributed by atoms with E-state index >= 15 is 0 Å². The summed E-state index contributed by atoms with van der Waals surface area (Å²) in [4.78, 5) is 13.4. The lowest BCUT2D eigenvalue weighted by Crippen LogP contribution is -2.09. The Morgan fingerprint density at radius 3 is 2.58 bits per heavy atom. The Bertz CT molecular complexity index is 328. The zero-order valence-corrected chi connectivity index (χ0v) is 7.35. The van der Waals surface area contributed by atoms with Gasteiger partial charge in [0.1, 0.15) is 0 Å². The van der Waals surface area contributed by atoms with Crippen LogP contribution in [0.4, 0.5) is 0 Å². The molecule has 3 heteroatoms. The quantitative estimate of drug-likeness (QED) is 0.695. The number of rotatable bonds is 2. The maximum Gasteiger partial charge on any atom is 0.290 e. The van der Waals surface area contributed by atoms with Crippen molar-refractivity contribution in [3.8, 4) is 5.75 Å². The van der Waals surface area contributed by atoms with Crippen molar-refractivity contribution in [3.05, 3.63) is 27.7 Å². The standard InChI is InChI=1S/C9H13NO2/c1-3-6-5-10-9(12)8(11)7(6)4-2/h5,11H,3-4H2,1-2H3,(H,10,12). The lowest BCUT2D eigenvalue weighted by Gasteiger charge is -2.05. The van der Waals surface area contributed by atoms with E-state index in [0.717, 1.165) is 17.5 Å². The van der Waals surface area contributed by atoms with Crippen molar-refractivity contribution in [2.24, 2.45) is 0 Å². The van der Waals surface area contributed by atoms with Gasteiger partial charge in [-0.15, -0.1) is 0 Å². The molecule has 0 atom stereocenters. The molecule has 0 bridgehead atoms. The number of hydrogen-bond acceptors (Lipinski definition) is 2. The van der Waals surface area contributed by atoms with Crippen molar-refractivity contribution in [3.63, 3.8) is 0 Å². The van der Waals surface area contributed by atoms with Crippen molar-refractivity contribution in [2.75, 3.05) is 0 Å². The van der Waals surface area contributed by atoms with Crippen LogP contribution < -0.4 is 5.56 Å². The number of aryl methyl sites for hydroxylation is 1. The largest absolute Gasteiger partial charge is 0.503 e. The Kier molecular flexibility index (Phi) is 2.53. The van der Waals surface area contributed by atoms with Gasteiger partial charge >= 0.3 is 0 Å². The molecule has 1 heterocycles.